The monoisotopic (exact) mass is 380 g/mol. The van der Waals surface area contributed by atoms with Crippen molar-refractivity contribution < 1.29 is 24.1 Å². The smallest absolute Gasteiger partial charge is 0.335 e. The SMILES string of the molecule is CCOc1ccccc1OCCOc1ccc(C(=O)O)cc1Br. The molecule has 0 amide bonds. The molecule has 0 aliphatic carbocycles. The topological polar surface area (TPSA) is 65.0 Å². The fraction of sp³-hybridized carbons (Fsp3) is 0.235. The molecule has 0 bridgehead atoms. The molecule has 6 heteroatoms. The molecule has 0 radical (unpaired) electrons. The van der Waals surface area contributed by atoms with Gasteiger partial charge in [-0.1, -0.05) is 12.1 Å². The second-order valence-corrected chi connectivity index (χ2v) is 5.38. The lowest BCUT2D eigenvalue weighted by Crippen LogP contribution is -2.10. The standard InChI is InChI=1S/C17H17BrO5/c1-2-21-15-5-3-4-6-16(15)23-10-9-22-14-8-7-12(17(19)20)11-13(14)18/h3-8,11H,2,9-10H2,1H3,(H,19,20). The molecule has 0 saturated heterocycles. The summed E-state index contributed by atoms with van der Waals surface area (Å²) in [4.78, 5) is 10.9. The van der Waals surface area contributed by atoms with Gasteiger partial charge >= 0.3 is 5.97 Å². The maximum atomic E-state index is 10.9. The van der Waals surface area contributed by atoms with E-state index in [-0.39, 0.29) is 5.56 Å². The summed E-state index contributed by atoms with van der Waals surface area (Å²) in [5.41, 5.74) is 0.200. The maximum absolute atomic E-state index is 10.9. The van der Waals surface area contributed by atoms with Crippen molar-refractivity contribution in [2.75, 3.05) is 19.8 Å². The Labute approximate surface area is 142 Å². The van der Waals surface area contributed by atoms with Gasteiger partial charge in [-0.15, -0.1) is 0 Å². The molecular formula is C17H17BrO5. The predicted octanol–water partition coefficient (Wildman–Crippen LogP) is 4.00. The van der Waals surface area contributed by atoms with Gasteiger partial charge in [-0.25, -0.2) is 4.79 Å². The van der Waals surface area contributed by atoms with Gasteiger partial charge in [-0.2, -0.15) is 0 Å². The van der Waals surface area contributed by atoms with Crippen LogP contribution in [0.3, 0.4) is 0 Å². The number of benzene rings is 2. The van der Waals surface area contributed by atoms with Crippen LogP contribution in [0.25, 0.3) is 0 Å². The Kier molecular flexibility index (Phi) is 6.29. The van der Waals surface area contributed by atoms with Crippen LogP contribution < -0.4 is 14.2 Å². The minimum atomic E-state index is -0.979. The first-order valence-corrected chi connectivity index (χ1v) is 7.91. The van der Waals surface area contributed by atoms with Crippen molar-refractivity contribution in [3.05, 3.63) is 52.5 Å². The average Bonchev–Trinajstić information content (AvgIpc) is 2.54. The molecule has 2 rings (SSSR count). The van der Waals surface area contributed by atoms with Crippen molar-refractivity contribution in [1.82, 2.24) is 0 Å². The van der Waals surface area contributed by atoms with Crippen LogP contribution in [-0.4, -0.2) is 30.9 Å². The van der Waals surface area contributed by atoms with Crippen LogP contribution in [0.4, 0.5) is 0 Å². The van der Waals surface area contributed by atoms with Crippen LogP contribution >= 0.6 is 15.9 Å². The van der Waals surface area contributed by atoms with Crippen molar-refractivity contribution in [2.45, 2.75) is 6.92 Å². The van der Waals surface area contributed by atoms with Gasteiger partial charge in [0.05, 0.1) is 16.6 Å². The Morgan fingerprint density at radius 2 is 1.61 bits per heavy atom. The molecule has 0 aliphatic rings. The van der Waals surface area contributed by atoms with Crippen LogP contribution in [0.5, 0.6) is 17.2 Å². The molecule has 23 heavy (non-hydrogen) atoms. The van der Waals surface area contributed by atoms with E-state index in [0.717, 1.165) is 0 Å². The molecule has 2 aromatic rings. The third-order valence-electron chi connectivity index (χ3n) is 2.93. The zero-order valence-electron chi connectivity index (χ0n) is 12.6. The Hall–Kier alpha value is -2.21. The molecule has 122 valence electrons. The van der Waals surface area contributed by atoms with Crippen molar-refractivity contribution in [2.24, 2.45) is 0 Å². The molecular weight excluding hydrogens is 364 g/mol. The number of halogens is 1. The number of hydrogen-bond acceptors (Lipinski definition) is 4. The molecule has 1 N–H and O–H groups in total. The average molecular weight is 381 g/mol. The summed E-state index contributed by atoms with van der Waals surface area (Å²) in [6, 6.07) is 12.1. The largest absolute Gasteiger partial charge is 0.490 e. The highest BCUT2D eigenvalue weighted by molar-refractivity contribution is 9.10. The van der Waals surface area contributed by atoms with Crippen LogP contribution in [0.15, 0.2) is 46.9 Å². The van der Waals surface area contributed by atoms with Crippen molar-refractivity contribution in [1.29, 1.82) is 0 Å². The van der Waals surface area contributed by atoms with Gasteiger partial charge in [0.15, 0.2) is 11.5 Å². The summed E-state index contributed by atoms with van der Waals surface area (Å²) >= 11 is 3.30. The number of aromatic carboxylic acids is 1. The fourth-order valence-corrected chi connectivity index (χ4v) is 2.39. The normalized spacial score (nSPS) is 10.2. The molecule has 0 spiro atoms. The van der Waals surface area contributed by atoms with Gasteiger partial charge in [-0.3, -0.25) is 0 Å². The second-order valence-electron chi connectivity index (χ2n) is 4.53. The summed E-state index contributed by atoms with van der Waals surface area (Å²) in [6.45, 7) is 3.15. The van der Waals surface area contributed by atoms with Crippen molar-refractivity contribution in [3.8, 4) is 17.2 Å². The lowest BCUT2D eigenvalue weighted by Gasteiger charge is -2.12. The first-order valence-electron chi connectivity index (χ1n) is 7.12. The van der Waals surface area contributed by atoms with E-state index in [2.05, 4.69) is 15.9 Å². The lowest BCUT2D eigenvalue weighted by atomic mass is 10.2. The number of para-hydroxylation sites is 2. The Morgan fingerprint density at radius 1 is 1.00 bits per heavy atom. The van der Waals surface area contributed by atoms with E-state index in [4.69, 9.17) is 19.3 Å². The van der Waals surface area contributed by atoms with Gasteiger partial charge < -0.3 is 19.3 Å². The summed E-state index contributed by atoms with van der Waals surface area (Å²) in [6.07, 6.45) is 0. The van der Waals surface area contributed by atoms with Crippen LogP contribution in [0.2, 0.25) is 0 Å². The highest BCUT2D eigenvalue weighted by Gasteiger charge is 2.08. The third-order valence-corrected chi connectivity index (χ3v) is 3.55. The molecule has 0 unspecified atom stereocenters. The van der Waals surface area contributed by atoms with Crippen LogP contribution in [0.1, 0.15) is 17.3 Å². The highest BCUT2D eigenvalue weighted by Crippen LogP contribution is 2.27. The van der Waals surface area contributed by atoms with E-state index < -0.39 is 5.97 Å². The Morgan fingerprint density at radius 3 is 2.17 bits per heavy atom. The molecule has 0 saturated carbocycles. The van der Waals surface area contributed by atoms with E-state index in [1.807, 2.05) is 31.2 Å². The minimum absolute atomic E-state index is 0.200. The van der Waals surface area contributed by atoms with E-state index in [9.17, 15) is 4.79 Å². The molecule has 0 heterocycles. The first kappa shape index (κ1) is 17.1. The lowest BCUT2D eigenvalue weighted by molar-refractivity contribution is 0.0696. The van der Waals surface area contributed by atoms with Crippen LogP contribution in [0, 0.1) is 0 Å². The highest BCUT2D eigenvalue weighted by atomic mass is 79.9. The number of ether oxygens (including phenoxy) is 3. The van der Waals surface area contributed by atoms with Crippen LogP contribution in [-0.2, 0) is 0 Å². The number of carboxylic acids is 1. The quantitative estimate of drug-likeness (QED) is 0.701. The number of carbonyl (C=O) groups is 1. The van der Waals surface area contributed by atoms with E-state index in [1.54, 1.807) is 6.07 Å². The Balaban J connectivity index is 1.87. The minimum Gasteiger partial charge on any atom is -0.490 e. The van der Waals surface area contributed by atoms with E-state index in [0.29, 0.717) is 41.5 Å². The second kappa shape index (κ2) is 8.43. The molecule has 0 fully saturated rings. The maximum Gasteiger partial charge on any atom is 0.335 e. The van der Waals surface area contributed by atoms with Gasteiger partial charge in [0.25, 0.3) is 0 Å². The van der Waals surface area contributed by atoms with E-state index in [1.165, 1.54) is 12.1 Å². The molecule has 5 nitrogen and oxygen atoms in total. The zero-order chi connectivity index (χ0) is 16.7. The fourth-order valence-electron chi connectivity index (χ4n) is 1.90. The first-order chi connectivity index (χ1) is 11.1. The number of carboxylic acid groups (broad SMARTS) is 1. The zero-order valence-corrected chi connectivity index (χ0v) is 14.2. The van der Waals surface area contributed by atoms with Gasteiger partial charge in [0.2, 0.25) is 0 Å². The molecule has 0 atom stereocenters. The summed E-state index contributed by atoms with van der Waals surface area (Å²) < 4.78 is 17.3. The summed E-state index contributed by atoms with van der Waals surface area (Å²) in [5, 5.41) is 8.92. The van der Waals surface area contributed by atoms with E-state index >= 15 is 0 Å². The molecule has 2 aromatic carbocycles. The van der Waals surface area contributed by atoms with Gasteiger partial charge in [0, 0.05) is 0 Å². The van der Waals surface area contributed by atoms with Gasteiger partial charge in [-0.05, 0) is 53.2 Å². The number of hydrogen-bond donors (Lipinski definition) is 1. The predicted molar refractivity (Wildman–Crippen MR) is 89.7 cm³/mol. The number of rotatable bonds is 8. The van der Waals surface area contributed by atoms with Crippen molar-refractivity contribution >= 4 is 21.9 Å². The van der Waals surface area contributed by atoms with Gasteiger partial charge in [0.1, 0.15) is 19.0 Å². The Bertz CT molecular complexity index is 672. The third kappa shape index (κ3) is 4.89. The summed E-state index contributed by atoms with van der Waals surface area (Å²) in [7, 11) is 0. The summed E-state index contributed by atoms with van der Waals surface area (Å²) in [5.74, 6) is 0.949. The molecule has 0 aromatic heterocycles. The van der Waals surface area contributed by atoms with Crippen molar-refractivity contribution in [3.63, 3.8) is 0 Å². The molecule has 0 aliphatic heterocycles.